The van der Waals surface area contributed by atoms with Crippen LogP contribution < -0.4 is 5.32 Å². The lowest BCUT2D eigenvalue weighted by Crippen LogP contribution is -2.27. The van der Waals surface area contributed by atoms with Crippen molar-refractivity contribution in [2.24, 2.45) is 0 Å². The minimum absolute atomic E-state index is 0.169. The lowest BCUT2D eigenvalue weighted by molar-refractivity contribution is -0.124. The van der Waals surface area contributed by atoms with Gasteiger partial charge in [0, 0.05) is 12.3 Å². The Hall–Kier alpha value is -1.88. The Labute approximate surface area is 111 Å². The van der Waals surface area contributed by atoms with Gasteiger partial charge < -0.3 is 14.8 Å². The van der Waals surface area contributed by atoms with Gasteiger partial charge in [-0.1, -0.05) is 6.07 Å². The molecule has 0 radical (unpaired) electrons. The molecule has 1 heterocycles. The number of methoxy groups -OCH3 is 1. The molecule has 1 N–H and O–H groups in total. The van der Waals surface area contributed by atoms with Crippen LogP contribution in [0.15, 0.2) is 18.2 Å². The fourth-order valence-electron chi connectivity index (χ4n) is 2.04. The molecular weight excluding hydrogens is 246 g/mol. The van der Waals surface area contributed by atoms with Crippen molar-refractivity contribution in [3.8, 4) is 0 Å². The first-order chi connectivity index (χ1) is 9.11. The average molecular weight is 263 g/mol. The van der Waals surface area contributed by atoms with Crippen molar-refractivity contribution in [3.05, 3.63) is 29.3 Å². The lowest BCUT2D eigenvalue weighted by Gasteiger charge is -2.12. The molecule has 0 aliphatic carbocycles. The summed E-state index contributed by atoms with van der Waals surface area (Å²) in [6.07, 6.45) is 1.25. The molecule has 1 fully saturated rings. The van der Waals surface area contributed by atoms with E-state index >= 15 is 0 Å². The van der Waals surface area contributed by atoms with E-state index in [1.807, 2.05) is 6.92 Å². The van der Waals surface area contributed by atoms with Gasteiger partial charge in [0.15, 0.2) is 0 Å². The predicted molar refractivity (Wildman–Crippen MR) is 70.1 cm³/mol. The van der Waals surface area contributed by atoms with Crippen molar-refractivity contribution in [1.82, 2.24) is 0 Å². The number of hydrogen-bond acceptors (Lipinski definition) is 4. The molecule has 5 heteroatoms. The topological polar surface area (TPSA) is 64.6 Å². The highest BCUT2D eigenvalue weighted by molar-refractivity contribution is 5.97. The molecular formula is C14H17NO4. The number of rotatable bonds is 3. The van der Waals surface area contributed by atoms with Crippen LogP contribution in [0.3, 0.4) is 0 Å². The van der Waals surface area contributed by atoms with Crippen LogP contribution in [0.5, 0.6) is 0 Å². The van der Waals surface area contributed by atoms with E-state index in [9.17, 15) is 9.59 Å². The molecule has 1 aliphatic heterocycles. The second-order valence-corrected chi connectivity index (χ2v) is 4.51. The second kappa shape index (κ2) is 5.84. The van der Waals surface area contributed by atoms with Gasteiger partial charge in [-0.3, -0.25) is 4.79 Å². The van der Waals surface area contributed by atoms with Gasteiger partial charge in [0.2, 0.25) is 0 Å². The van der Waals surface area contributed by atoms with Gasteiger partial charge in [-0.2, -0.15) is 0 Å². The van der Waals surface area contributed by atoms with Crippen LogP contribution in [0.1, 0.15) is 28.8 Å². The van der Waals surface area contributed by atoms with Crippen LogP contribution in [0.2, 0.25) is 0 Å². The van der Waals surface area contributed by atoms with Gasteiger partial charge in [-0.15, -0.1) is 0 Å². The highest BCUT2D eigenvalue weighted by Gasteiger charge is 2.23. The number of esters is 1. The molecule has 0 bridgehead atoms. The third-order valence-electron chi connectivity index (χ3n) is 3.13. The number of aryl methyl sites for hydroxylation is 1. The molecule has 5 nitrogen and oxygen atoms in total. The normalized spacial score (nSPS) is 18.1. The molecule has 1 aromatic carbocycles. The van der Waals surface area contributed by atoms with Crippen LogP contribution >= 0.6 is 0 Å². The maximum Gasteiger partial charge on any atom is 0.338 e. The summed E-state index contributed by atoms with van der Waals surface area (Å²) in [5.74, 6) is -0.581. The zero-order chi connectivity index (χ0) is 13.8. The van der Waals surface area contributed by atoms with Crippen LogP contribution in [0.25, 0.3) is 0 Å². The number of nitrogens with one attached hydrogen (secondary N) is 1. The van der Waals surface area contributed by atoms with Crippen LogP contribution in [-0.4, -0.2) is 31.7 Å². The van der Waals surface area contributed by atoms with Gasteiger partial charge >= 0.3 is 5.97 Å². The highest BCUT2D eigenvalue weighted by Crippen LogP contribution is 2.18. The quantitative estimate of drug-likeness (QED) is 0.846. The second-order valence-electron chi connectivity index (χ2n) is 4.51. The molecule has 1 saturated heterocycles. The van der Waals surface area contributed by atoms with E-state index in [-0.39, 0.29) is 12.0 Å². The van der Waals surface area contributed by atoms with E-state index in [0.29, 0.717) is 17.9 Å². The van der Waals surface area contributed by atoms with Crippen LogP contribution in [0.4, 0.5) is 5.69 Å². The van der Waals surface area contributed by atoms with E-state index in [1.165, 1.54) is 7.11 Å². The summed E-state index contributed by atoms with van der Waals surface area (Å²) in [7, 11) is 1.33. The largest absolute Gasteiger partial charge is 0.465 e. The molecule has 1 amide bonds. The van der Waals surface area contributed by atoms with Crippen molar-refractivity contribution >= 4 is 17.6 Å². The van der Waals surface area contributed by atoms with Crippen LogP contribution in [-0.2, 0) is 14.3 Å². The minimum Gasteiger partial charge on any atom is -0.465 e. The minimum atomic E-state index is -0.411. The number of anilines is 1. The predicted octanol–water partition coefficient (Wildman–Crippen LogP) is 1.90. The number of ether oxygens (including phenoxy) is 2. The summed E-state index contributed by atoms with van der Waals surface area (Å²) in [6.45, 7) is 2.44. The standard InChI is InChI=1S/C14H17NO4/c1-9-5-6-10(8-11(9)14(17)18-2)15-13(16)12-4-3-7-19-12/h5-6,8,12H,3-4,7H2,1-2H3,(H,15,16). The maximum absolute atomic E-state index is 11.9. The van der Waals surface area contributed by atoms with Crippen molar-refractivity contribution < 1.29 is 19.1 Å². The maximum atomic E-state index is 11.9. The molecule has 1 unspecified atom stereocenters. The molecule has 19 heavy (non-hydrogen) atoms. The summed E-state index contributed by atoms with van der Waals surface area (Å²) in [5, 5.41) is 2.76. The first kappa shape index (κ1) is 13.5. The summed E-state index contributed by atoms with van der Waals surface area (Å²) < 4.78 is 10.0. The number of benzene rings is 1. The van der Waals surface area contributed by atoms with Gasteiger partial charge in [-0.25, -0.2) is 4.79 Å². The Morgan fingerprint density at radius 3 is 2.84 bits per heavy atom. The van der Waals surface area contributed by atoms with E-state index in [1.54, 1.807) is 18.2 Å². The lowest BCUT2D eigenvalue weighted by atomic mass is 10.1. The van der Waals surface area contributed by atoms with Crippen molar-refractivity contribution in [1.29, 1.82) is 0 Å². The summed E-state index contributed by atoms with van der Waals surface area (Å²) in [4.78, 5) is 23.5. The number of hydrogen-bond donors (Lipinski definition) is 1. The number of amides is 1. The molecule has 102 valence electrons. The van der Waals surface area contributed by atoms with Crippen molar-refractivity contribution in [2.45, 2.75) is 25.9 Å². The summed E-state index contributed by atoms with van der Waals surface area (Å²) in [5.41, 5.74) is 1.83. The number of carbonyl (C=O) groups is 2. The number of carbonyl (C=O) groups excluding carboxylic acids is 2. The molecule has 1 atom stereocenters. The Bertz CT molecular complexity index is 492. The third-order valence-corrected chi connectivity index (χ3v) is 3.13. The fraction of sp³-hybridized carbons (Fsp3) is 0.429. The highest BCUT2D eigenvalue weighted by atomic mass is 16.5. The molecule has 2 rings (SSSR count). The monoisotopic (exact) mass is 263 g/mol. The van der Waals surface area contributed by atoms with E-state index in [4.69, 9.17) is 9.47 Å². The van der Waals surface area contributed by atoms with E-state index in [0.717, 1.165) is 18.4 Å². The molecule has 1 aliphatic rings. The van der Waals surface area contributed by atoms with E-state index in [2.05, 4.69) is 5.32 Å². The zero-order valence-electron chi connectivity index (χ0n) is 11.1. The summed E-state index contributed by atoms with van der Waals surface area (Å²) >= 11 is 0. The molecule has 1 aromatic rings. The Morgan fingerprint density at radius 1 is 1.42 bits per heavy atom. The first-order valence-electron chi connectivity index (χ1n) is 6.23. The zero-order valence-corrected chi connectivity index (χ0v) is 11.1. The molecule has 0 saturated carbocycles. The van der Waals surface area contributed by atoms with Crippen LogP contribution in [0, 0.1) is 6.92 Å². The van der Waals surface area contributed by atoms with Gasteiger partial charge in [0.1, 0.15) is 6.10 Å². The van der Waals surface area contributed by atoms with E-state index < -0.39 is 5.97 Å². The Balaban J connectivity index is 2.12. The Kier molecular flexibility index (Phi) is 4.16. The van der Waals surface area contributed by atoms with Gasteiger partial charge in [0.25, 0.3) is 5.91 Å². The average Bonchev–Trinajstić information content (AvgIpc) is 2.94. The Morgan fingerprint density at radius 2 is 2.21 bits per heavy atom. The van der Waals surface area contributed by atoms with Gasteiger partial charge in [0.05, 0.1) is 12.7 Å². The molecule has 0 aromatic heterocycles. The fourth-order valence-corrected chi connectivity index (χ4v) is 2.04. The SMILES string of the molecule is COC(=O)c1cc(NC(=O)C2CCCO2)ccc1C. The smallest absolute Gasteiger partial charge is 0.338 e. The first-order valence-corrected chi connectivity index (χ1v) is 6.23. The summed E-state index contributed by atoms with van der Waals surface area (Å²) in [6, 6.07) is 5.15. The van der Waals surface area contributed by atoms with Crippen molar-refractivity contribution in [2.75, 3.05) is 19.0 Å². The van der Waals surface area contributed by atoms with Crippen molar-refractivity contribution in [3.63, 3.8) is 0 Å². The van der Waals surface area contributed by atoms with Gasteiger partial charge in [-0.05, 0) is 37.5 Å². The third kappa shape index (κ3) is 3.12. The molecule has 0 spiro atoms.